The van der Waals surface area contributed by atoms with Gasteiger partial charge in [0.1, 0.15) is 0 Å². The minimum Gasteiger partial charge on any atom is -0.481 e. The van der Waals surface area contributed by atoms with Gasteiger partial charge < -0.3 is 10.4 Å². The second kappa shape index (κ2) is 6.83. The topological polar surface area (TPSA) is 49.3 Å². The highest BCUT2D eigenvalue weighted by Crippen LogP contribution is 2.09. The van der Waals surface area contributed by atoms with Gasteiger partial charge in [-0.2, -0.15) is 0 Å². The summed E-state index contributed by atoms with van der Waals surface area (Å²) in [5, 5.41) is 12.2. The zero-order valence-electron chi connectivity index (χ0n) is 10.6. The smallest absolute Gasteiger partial charge is 0.307 e. The lowest BCUT2D eigenvalue weighted by atomic mass is 10.0. The van der Waals surface area contributed by atoms with Crippen LogP contribution in [-0.2, 0) is 4.79 Å². The Morgan fingerprint density at radius 2 is 1.67 bits per heavy atom. The van der Waals surface area contributed by atoms with E-state index in [0.29, 0.717) is 12.0 Å². The van der Waals surface area contributed by atoms with Gasteiger partial charge in [0.2, 0.25) is 0 Å². The third-order valence-electron chi connectivity index (χ3n) is 2.86. The molecule has 0 heterocycles. The molecular formula is C12H25NO2. The molecule has 0 amide bonds. The molecule has 0 saturated carbocycles. The minimum atomic E-state index is -0.731. The number of hydrogen-bond acceptors (Lipinski definition) is 2. The molecule has 0 aromatic carbocycles. The van der Waals surface area contributed by atoms with Crippen molar-refractivity contribution in [3.63, 3.8) is 0 Å². The molecule has 0 aromatic heterocycles. The van der Waals surface area contributed by atoms with Crippen LogP contribution < -0.4 is 5.32 Å². The zero-order chi connectivity index (χ0) is 12.0. The van der Waals surface area contributed by atoms with Crippen LogP contribution in [0.5, 0.6) is 0 Å². The van der Waals surface area contributed by atoms with Crippen molar-refractivity contribution in [1.29, 1.82) is 0 Å². The Morgan fingerprint density at radius 1 is 1.13 bits per heavy atom. The maximum atomic E-state index is 10.7. The molecule has 3 unspecified atom stereocenters. The first kappa shape index (κ1) is 14.4. The predicted molar refractivity (Wildman–Crippen MR) is 62.9 cm³/mol. The molecule has 2 N–H and O–H groups in total. The summed E-state index contributed by atoms with van der Waals surface area (Å²) in [7, 11) is 0. The Labute approximate surface area is 93.3 Å². The summed E-state index contributed by atoms with van der Waals surface area (Å²) in [6.07, 6.45) is 2.29. The van der Waals surface area contributed by atoms with Gasteiger partial charge in [0, 0.05) is 12.1 Å². The molecule has 3 heteroatoms. The molecule has 0 saturated heterocycles. The van der Waals surface area contributed by atoms with Crippen molar-refractivity contribution in [3.8, 4) is 0 Å². The van der Waals surface area contributed by atoms with Gasteiger partial charge in [-0.25, -0.2) is 0 Å². The quantitative estimate of drug-likeness (QED) is 0.686. The van der Waals surface area contributed by atoms with Gasteiger partial charge in [0.25, 0.3) is 0 Å². The van der Waals surface area contributed by atoms with Gasteiger partial charge in [-0.3, -0.25) is 4.79 Å². The van der Waals surface area contributed by atoms with E-state index in [1.165, 1.54) is 6.42 Å². The normalized spacial score (nSPS) is 17.5. The Hall–Kier alpha value is -0.570. The van der Waals surface area contributed by atoms with Crippen LogP contribution in [0.15, 0.2) is 0 Å². The molecule has 0 aliphatic rings. The Kier molecular flexibility index (Phi) is 6.57. The average molecular weight is 215 g/mol. The number of carboxylic acids is 1. The molecule has 90 valence electrons. The number of nitrogens with one attached hydrogen (secondary N) is 1. The number of hydrogen-bond donors (Lipinski definition) is 2. The minimum absolute atomic E-state index is 0.0321. The number of rotatable bonds is 7. The first-order chi connectivity index (χ1) is 6.84. The molecule has 15 heavy (non-hydrogen) atoms. The summed E-state index contributed by atoms with van der Waals surface area (Å²) >= 11 is 0. The molecule has 0 spiro atoms. The third kappa shape index (κ3) is 6.50. The van der Waals surface area contributed by atoms with E-state index in [2.05, 4.69) is 26.1 Å². The fraction of sp³-hybridized carbons (Fsp3) is 0.917. The molecule has 0 aliphatic carbocycles. The Morgan fingerprint density at radius 3 is 2.07 bits per heavy atom. The van der Waals surface area contributed by atoms with E-state index in [4.69, 9.17) is 5.11 Å². The first-order valence-electron chi connectivity index (χ1n) is 5.83. The van der Waals surface area contributed by atoms with Crippen molar-refractivity contribution >= 4 is 5.97 Å². The van der Waals surface area contributed by atoms with Crippen LogP contribution in [0.2, 0.25) is 0 Å². The van der Waals surface area contributed by atoms with E-state index in [0.717, 1.165) is 6.42 Å². The van der Waals surface area contributed by atoms with Gasteiger partial charge in [-0.1, -0.05) is 20.8 Å². The van der Waals surface area contributed by atoms with Crippen LogP contribution in [0.4, 0.5) is 0 Å². The van der Waals surface area contributed by atoms with Gasteiger partial charge in [0.15, 0.2) is 0 Å². The van der Waals surface area contributed by atoms with Crippen molar-refractivity contribution in [3.05, 3.63) is 0 Å². The SMILES string of the molecule is CC(C)CCC(C)NC(C)C(C)C(=O)O. The predicted octanol–water partition coefficient (Wildman–Crippen LogP) is 2.51. The van der Waals surface area contributed by atoms with Crippen LogP contribution in [0.25, 0.3) is 0 Å². The largest absolute Gasteiger partial charge is 0.481 e. The lowest BCUT2D eigenvalue weighted by molar-refractivity contribution is -0.142. The molecule has 0 fully saturated rings. The molecule has 0 rings (SSSR count). The lowest BCUT2D eigenvalue weighted by Crippen LogP contribution is -2.41. The summed E-state index contributed by atoms with van der Waals surface area (Å²) in [4.78, 5) is 10.7. The van der Waals surface area contributed by atoms with Crippen LogP contribution in [0.3, 0.4) is 0 Å². The third-order valence-corrected chi connectivity index (χ3v) is 2.86. The zero-order valence-corrected chi connectivity index (χ0v) is 10.6. The van der Waals surface area contributed by atoms with E-state index < -0.39 is 5.97 Å². The van der Waals surface area contributed by atoms with Crippen LogP contribution in [0, 0.1) is 11.8 Å². The average Bonchev–Trinajstić information content (AvgIpc) is 2.13. The molecule has 3 nitrogen and oxygen atoms in total. The van der Waals surface area contributed by atoms with Crippen molar-refractivity contribution in [1.82, 2.24) is 5.32 Å². The summed E-state index contributed by atoms with van der Waals surface area (Å²) in [6, 6.07) is 0.425. The van der Waals surface area contributed by atoms with Crippen molar-refractivity contribution in [2.45, 2.75) is 59.5 Å². The standard InChI is InChI=1S/C12H25NO2/c1-8(2)6-7-9(3)13-11(5)10(4)12(14)15/h8-11,13H,6-7H2,1-5H3,(H,14,15). The Bertz CT molecular complexity index is 192. The van der Waals surface area contributed by atoms with Crippen molar-refractivity contribution in [2.24, 2.45) is 11.8 Å². The van der Waals surface area contributed by atoms with Gasteiger partial charge in [-0.05, 0) is 32.6 Å². The molecule has 3 atom stereocenters. The van der Waals surface area contributed by atoms with E-state index in [1.807, 2.05) is 6.92 Å². The molecule has 0 aliphatic heterocycles. The highest BCUT2D eigenvalue weighted by atomic mass is 16.4. The first-order valence-corrected chi connectivity index (χ1v) is 5.83. The lowest BCUT2D eigenvalue weighted by Gasteiger charge is -2.23. The van der Waals surface area contributed by atoms with E-state index in [9.17, 15) is 4.79 Å². The Balaban J connectivity index is 3.85. The van der Waals surface area contributed by atoms with Gasteiger partial charge in [-0.15, -0.1) is 0 Å². The maximum absolute atomic E-state index is 10.7. The van der Waals surface area contributed by atoms with Crippen molar-refractivity contribution < 1.29 is 9.90 Å². The van der Waals surface area contributed by atoms with E-state index >= 15 is 0 Å². The highest BCUT2D eigenvalue weighted by molar-refractivity contribution is 5.70. The van der Waals surface area contributed by atoms with E-state index in [1.54, 1.807) is 6.92 Å². The number of carboxylic acid groups (broad SMARTS) is 1. The fourth-order valence-corrected chi connectivity index (χ4v) is 1.47. The molecular weight excluding hydrogens is 190 g/mol. The van der Waals surface area contributed by atoms with Gasteiger partial charge >= 0.3 is 5.97 Å². The van der Waals surface area contributed by atoms with Gasteiger partial charge in [0.05, 0.1) is 5.92 Å². The molecule has 0 bridgehead atoms. The summed E-state index contributed by atoms with van der Waals surface area (Å²) in [5.41, 5.74) is 0. The number of carbonyl (C=O) groups is 1. The van der Waals surface area contributed by atoms with Crippen LogP contribution in [-0.4, -0.2) is 23.2 Å². The number of aliphatic carboxylic acids is 1. The summed E-state index contributed by atoms with van der Waals surface area (Å²) in [6.45, 7) is 10.2. The maximum Gasteiger partial charge on any atom is 0.307 e. The molecule has 0 aromatic rings. The highest BCUT2D eigenvalue weighted by Gasteiger charge is 2.20. The monoisotopic (exact) mass is 215 g/mol. The fourth-order valence-electron chi connectivity index (χ4n) is 1.47. The van der Waals surface area contributed by atoms with Crippen LogP contribution in [0.1, 0.15) is 47.5 Å². The second-order valence-corrected chi connectivity index (χ2v) is 4.95. The van der Waals surface area contributed by atoms with Crippen LogP contribution >= 0.6 is 0 Å². The molecule has 0 radical (unpaired) electrons. The summed E-state index contributed by atoms with van der Waals surface area (Å²) < 4.78 is 0. The summed E-state index contributed by atoms with van der Waals surface area (Å²) in [5.74, 6) is -0.348. The van der Waals surface area contributed by atoms with E-state index in [-0.39, 0.29) is 12.0 Å². The van der Waals surface area contributed by atoms with Crippen molar-refractivity contribution in [2.75, 3.05) is 0 Å². The second-order valence-electron chi connectivity index (χ2n) is 4.95.